The molecule has 0 aliphatic heterocycles. The first kappa shape index (κ1) is 11.3. The van der Waals surface area contributed by atoms with Crippen molar-refractivity contribution in [3.63, 3.8) is 0 Å². The third kappa shape index (κ3) is 3.18. The Morgan fingerprint density at radius 2 is 2.14 bits per heavy atom. The van der Waals surface area contributed by atoms with Crippen molar-refractivity contribution >= 4 is 6.09 Å². The highest BCUT2D eigenvalue weighted by Crippen LogP contribution is 2.22. The van der Waals surface area contributed by atoms with E-state index in [4.69, 9.17) is 9.84 Å². The second-order valence-electron chi connectivity index (χ2n) is 3.98. The molecule has 0 aromatic carbocycles. The number of rotatable bonds is 3. The molecule has 1 aliphatic carbocycles. The summed E-state index contributed by atoms with van der Waals surface area (Å²) < 4.78 is 4.91. The van der Waals surface area contributed by atoms with E-state index in [2.05, 4.69) is 0 Å². The molecule has 0 bridgehead atoms. The molecule has 0 spiro atoms. The fourth-order valence-corrected chi connectivity index (χ4v) is 1.73. The van der Waals surface area contributed by atoms with Crippen molar-refractivity contribution in [2.75, 3.05) is 13.7 Å². The second-order valence-corrected chi connectivity index (χ2v) is 3.98. The lowest BCUT2D eigenvalue weighted by atomic mass is 10.2. The number of aliphatic hydroxyl groups is 1. The van der Waals surface area contributed by atoms with Gasteiger partial charge in [-0.2, -0.15) is 0 Å². The average Bonchev–Trinajstić information content (AvgIpc) is 2.65. The van der Waals surface area contributed by atoms with Crippen molar-refractivity contribution in [3.05, 3.63) is 0 Å². The summed E-state index contributed by atoms with van der Waals surface area (Å²) in [5, 5.41) is 8.95. The first-order chi connectivity index (χ1) is 6.61. The van der Waals surface area contributed by atoms with E-state index >= 15 is 0 Å². The van der Waals surface area contributed by atoms with Crippen LogP contribution in [0.25, 0.3) is 0 Å². The number of carbonyl (C=O) groups is 1. The highest BCUT2D eigenvalue weighted by molar-refractivity contribution is 5.67. The monoisotopic (exact) mass is 201 g/mol. The van der Waals surface area contributed by atoms with Crippen LogP contribution < -0.4 is 0 Å². The largest absolute Gasteiger partial charge is 0.447 e. The molecule has 1 aliphatic rings. The molecule has 0 saturated heterocycles. The molecule has 4 nitrogen and oxygen atoms in total. The van der Waals surface area contributed by atoms with Gasteiger partial charge in [0.1, 0.15) is 6.61 Å². The fourth-order valence-electron chi connectivity index (χ4n) is 1.73. The van der Waals surface area contributed by atoms with Crippen LogP contribution in [0.1, 0.15) is 32.6 Å². The highest BCUT2D eigenvalue weighted by atomic mass is 16.6. The quantitative estimate of drug-likeness (QED) is 0.750. The van der Waals surface area contributed by atoms with Gasteiger partial charge in [0.05, 0.1) is 6.10 Å². The van der Waals surface area contributed by atoms with Crippen molar-refractivity contribution in [2.45, 2.75) is 44.8 Å². The molecule has 1 rings (SSSR count). The molecule has 1 atom stereocenters. The van der Waals surface area contributed by atoms with E-state index in [0.717, 1.165) is 12.8 Å². The molecule has 82 valence electrons. The third-order valence-corrected chi connectivity index (χ3v) is 2.61. The van der Waals surface area contributed by atoms with Gasteiger partial charge in [-0.3, -0.25) is 0 Å². The Balaban J connectivity index is 2.28. The molecule has 1 fully saturated rings. The van der Waals surface area contributed by atoms with Gasteiger partial charge in [0.2, 0.25) is 0 Å². The first-order valence-electron chi connectivity index (χ1n) is 5.19. The van der Waals surface area contributed by atoms with Crippen molar-refractivity contribution < 1.29 is 14.6 Å². The molecule has 0 radical (unpaired) electrons. The lowest BCUT2D eigenvalue weighted by molar-refractivity contribution is 0.0525. The molecular formula is C10H19NO3. The van der Waals surface area contributed by atoms with Crippen LogP contribution in [-0.4, -0.2) is 41.9 Å². The first-order valence-corrected chi connectivity index (χ1v) is 5.19. The fraction of sp³-hybridized carbons (Fsp3) is 0.900. The van der Waals surface area contributed by atoms with Crippen molar-refractivity contribution in [1.82, 2.24) is 4.90 Å². The predicted molar refractivity (Wildman–Crippen MR) is 53.0 cm³/mol. The van der Waals surface area contributed by atoms with Crippen LogP contribution >= 0.6 is 0 Å². The topological polar surface area (TPSA) is 49.8 Å². The van der Waals surface area contributed by atoms with E-state index in [9.17, 15) is 4.79 Å². The zero-order chi connectivity index (χ0) is 10.6. The maximum absolute atomic E-state index is 11.4. The zero-order valence-corrected chi connectivity index (χ0v) is 8.90. The maximum atomic E-state index is 11.4. The van der Waals surface area contributed by atoms with Crippen LogP contribution in [0.4, 0.5) is 4.79 Å². The lowest BCUT2D eigenvalue weighted by Crippen LogP contribution is -2.36. The summed E-state index contributed by atoms with van der Waals surface area (Å²) in [6.45, 7) is 1.68. The summed E-state index contributed by atoms with van der Waals surface area (Å²) in [4.78, 5) is 13.1. The van der Waals surface area contributed by atoms with Gasteiger partial charge < -0.3 is 14.7 Å². The molecule has 1 N–H and O–H groups in total. The van der Waals surface area contributed by atoms with Crippen molar-refractivity contribution in [1.29, 1.82) is 0 Å². The standard InChI is InChI=1S/C10H19NO3/c1-8(12)7-14-10(13)11(2)9-5-3-4-6-9/h8-9,12H,3-7H2,1-2H3. The predicted octanol–water partition coefficient (Wildman–Crippen LogP) is 1.38. The smallest absolute Gasteiger partial charge is 0.409 e. The van der Waals surface area contributed by atoms with E-state index in [-0.39, 0.29) is 12.7 Å². The molecule has 1 saturated carbocycles. The number of aliphatic hydroxyl groups excluding tert-OH is 1. The summed E-state index contributed by atoms with van der Waals surface area (Å²) >= 11 is 0. The van der Waals surface area contributed by atoms with Gasteiger partial charge in [-0.15, -0.1) is 0 Å². The van der Waals surface area contributed by atoms with Gasteiger partial charge in [-0.05, 0) is 19.8 Å². The maximum Gasteiger partial charge on any atom is 0.409 e. The van der Waals surface area contributed by atoms with Gasteiger partial charge in [0.25, 0.3) is 0 Å². The Hall–Kier alpha value is -0.770. The SMILES string of the molecule is CC(O)COC(=O)N(C)C1CCCC1. The van der Waals surface area contributed by atoms with E-state index in [0.29, 0.717) is 6.04 Å². The Kier molecular flexibility index (Phi) is 4.20. The average molecular weight is 201 g/mol. The number of hydrogen-bond acceptors (Lipinski definition) is 3. The molecule has 0 aromatic heterocycles. The lowest BCUT2D eigenvalue weighted by Gasteiger charge is -2.23. The van der Waals surface area contributed by atoms with E-state index < -0.39 is 6.10 Å². The van der Waals surface area contributed by atoms with Crippen LogP contribution in [0.2, 0.25) is 0 Å². The Labute approximate surface area is 84.8 Å². The van der Waals surface area contributed by atoms with Gasteiger partial charge in [0, 0.05) is 13.1 Å². The third-order valence-electron chi connectivity index (χ3n) is 2.61. The van der Waals surface area contributed by atoms with Crippen LogP contribution in [-0.2, 0) is 4.74 Å². The van der Waals surface area contributed by atoms with Gasteiger partial charge in [0.15, 0.2) is 0 Å². The normalized spacial score (nSPS) is 19.4. The minimum Gasteiger partial charge on any atom is -0.447 e. The summed E-state index contributed by atoms with van der Waals surface area (Å²) in [5.74, 6) is 0. The van der Waals surface area contributed by atoms with Crippen molar-refractivity contribution in [2.24, 2.45) is 0 Å². The van der Waals surface area contributed by atoms with Gasteiger partial charge in [-0.25, -0.2) is 4.79 Å². The minimum atomic E-state index is -0.587. The molecular weight excluding hydrogens is 182 g/mol. The molecule has 1 unspecified atom stereocenters. The van der Waals surface area contributed by atoms with E-state index in [1.807, 2.05) is 0 Å². The number of amides is 1. The number of carbonyl (C=O) groups excluding carboxylic acids is 1. The number of nitrogens with zero attached hydrogens (tertiary/aromatic N) is 1. The Morgan fingerprint density at radius 3 is 2.64 bits per heavy atom. The molecule has 14 heavy (non-hydrogen) atoms. The molecule has 4 heteroatoms. The minimum absolute atomic E-state index is 0.0793. The van der Waals surface area contributed by atoms with Gasteiger partial charge in [-0.1, -0.05) is 12.8 Å². The number of ether oxygens (including phenoxy) is 1. The van der Waals surface area contributed by atoms with Crippen LogP contribution in [0.15, 0.2) is 0 Å². The molecule has 0 heterocycles. The summed E-state index contributed by atoms with van der Waals surface area (Å²) in [7, 11) is 1.76. The van der Waals surface area contributed by atoms with Crippen molar-refractivity contribution in [3.8, 4) is 0 Å². The zero-order valence-electron chi connectivity index (χ0n) is 8.90. The van der Waals surface area contributed by atoms with Gasteiger partial charge >= 0.3 is 6.09 Å². The summed E-state index contributed by atoms with van der Waals surface area (Å²) in [6, 6.07) is 0.330. The number of hydrogen-bond donors (Lipinski definition) is 1. The van der Waals surface area contributed by atoms with E-state index in [1.165, 1.54) is 12.8 Å². The summed E-state index contributed by atoms with van der Waals surface area (Å²) in [6.07, 6.45) is 3.62. The summed E-state index contributed by atoms with van der Waals surface area (Å²) in [5.41, 5.74) is 0. The molecule has 0 aromatic rings. The Morgan fingerprint density at radius 1 is 1.57 bits per heavy atom. The highest BCUT2D eigenvalue weighted by Gasteiger charge is 2.24. The van der Waals surface area contributed by atoms with Crippen LogP contribution in [0.3, 0.4) is 0 Å². The second kappa shape index (κ2) is 5.20. The van der Waals surface area contributed by atoms with Crippen LogP contribution in [0.5, 0.6) is 0 Å². The Bertz CT molecular complexity index is 188. The molecule has 1 amide bonds. The van der Waals surface area contributed by atoms with Crippen LogP contribution in [0, 0.1) is 0 Å². The van der Waals surface area contributed by atoms with E-state index in [1.54, 1.807) is 18.9 Å².